The number of halogens is 2. The highest BCUT2D eigenvalue weighted by Crippen LogP contribution is 2.23. The summed E-state index contributed by atoms with van der Waals surface area (Å²) in [6, 6.07) is 12.5. The molecule has 0 aliphatic rings. The Hall–Kier alpha value is -1.45. The van der Waals surface area contributed by atoms with E-state index in [1.54, 1.807) is 24.3 Å². The van der Waals surface area contributed by atoms with Gasteiger partial charge < -0.3 is 5.11 Å². The summed E-state index contributed by atoms with van der Waals surface area (Å²) in [5.41, 5.74) is 3.20. The van der Waals surface area contributed by atoms with E-state index in [4.69, 9.17) is 5.11 Å². The summed E-state index contributed by atoms with van der Waals surface area (Å²) in [5.74, 6) is -0.291. The summed E-state index contributed by atoms with van der Waals surface area (Å²) in [6.45, 7) is 1.96. The summed E-state index contributed by atoms with van der Waals surface area (Å²) >= 11 is 3.43. The van der Waals surface area contributed by atoms with Gasteiger partial charge in [0.2, 0.25) is 0 Å². The smallest absolute Gasteiger partial charge is 0.131 e. The maximum absolute atomic E-state index is 14.1. The van der Waals surface area contributed by atoms with Gasteiger partial charge in [-0.25, -0.2) is 4.39 Å². The van der Waals surface area contributed by atoms with E-state index in [9.17, 15) is 4.39 Å². The Kier molecular flexibility index (Phi) is 4.51. The first kappa shape index (κ1) is 14.0. The molecule has 0 aliphatic carbocycles. The van der Waals surface area contributed by atoms with Crippen LogP contribution in [-0.4, -0.2) is 5.11 Å². The molecule has 0 aromatic heterocycles. The van der Waals surface area contributed by atoms with Crippen LogP contribution in [-0.2, 0) is 6.61 Å². The van der Waals surface area contributed by atoms with Gasteiger partial charge in [-0.1, -0.05) is 52.3 Å². The number of benzene rings is 2. The van der Waals surface area contributed by atoms with E-state index >= 15 is 0 Å². The number of aryl methyl sites for hydroxylation is 1. The predicted molar refractivity (Wildman–Crippen MR) is 80.2 cm³/mol. The minimum Gasteiger partial charge on any atom is -0.392 e. The zero-order valence-electron chi connectivity index (χ0n) is 10.5. The molecule has 0 saturated carbocycles. The molecule has 0 fully saturated rings. The van der Waals surface area contributed by atoms with Crippen molar-refractivity contribution in [2.75, 3.05) is 0 Å². The van der Waals surface area contributed by atoms with Gasteiger partial charge in [-0.15, -0.1) is 0 Å². The zero-order chi connectivity index (χ0) is 13.8. The molecule has 0 radical (unpaired) electrons. The predicted octanol–water partition coefficient (Wildman–Crippen LogP) is 4.72. The Morgan fingerprint density at radius 3 is 2.47 bits per heavy atom. The lowest BCUT2D eigenvalue weighted by Crippen LogP contribution is -1.84. The topological polar surface area (TPSA) is 20.2 Å². The van der Waals surface area contributed by atoms with E-state index < -0.39 is 0 Å². The fourth-order valence-corrected chi connectivity index (χ4v) is 2.09. The SMILES string of the molecule is Cc1ccc(/C=C(\F)c2ccc(CO)cc2)cc1Br. The average Bonchev–Trinajstić information content (AvgIpc) is 2.43. The second-order valence-corrected chi connectivity index (χ2v) is 5.21. The maximum atomic E-state index is 14.1. The number of aliphatic hydroxyl groups excluding tert-OH is 1. The number of hydrogen-bond donors (Lipinski definition) is 1. The molecule has 19 heavy (non-hydrogen) atoms. The van der Waals surface area contributed by atoms with E-state index in [2.05, 4.69) is 15.9 Å². The lowest BCUT2D eigenvalue weighted by atomic mass is 10.1. The molecule has 0 unspecified atom stereocenters. The van der Waals surface area contributed by atoms with Gasteiger partial charge in [0.15, 0.2) is 0 Å². The van der Waals surface area contributed by atoms with Gasteiger partial charge in [-0.2, -0.15) is 0 Å². The molecule has 0 bridgehead atoms. The fraction of sp³-hybridized carbons (Fsp3) is 0.125. The summed E-state index contributed by atoms with van der Waals surface area (Å²) in [6.07, 6.45) is 1.50. The summed E-state index contributed by atoms with van der Waals surface area (Å²) in [4.78, 5) is 0. The molecular formula is C16H14BrFO. The molecule has 2 aromatic carbocycles. The summed E-state index contributed by atoms with van der Waals surface area (Å²) in [5, 5.41) is 8.95. The highest BCUT2D eigenvalue weighted by molar-refractivity contribution is 9.10. The minimum absolute atomic E-state index is 0.0312. The van der Waals surface area contributed by atoms with Crippen molar-refractivity contribution in [1.29, 1.82) is 0 Å². The van der Waals surface area contributed by atoms with Gasteiger partial charge in [-0.05, 0) is 35.8 Å². The van der Waals surface area contributed by atoms with Gasteiger partial charge in [0.1, 0.15) is 5.83 Å². The molecule has 2 rings (SSSR count). The third-order valence-electron chi connectivity index (χ3n) is 2.90. The molecule has 0 heterocycles. The van der Waals surface area contributed by atoms with Crippen LogP contribution in [0.1, 0.15) is 22.3 Å². The van der Waals surface area contributed by atoms with Gasteiger partial charge in [0, 0.05) is 10.0 Å². The van der Waals surface area contributed by atoms with Gasteiger partial charge >= 0.3 is 0 Å². The average molecular weight is 321 g/mol. The lowest BCUT2D eigenvalue weighted by molar-refractivity contribution is 0.282. The largest absolute Gasteiger partial charge is 0.392 e. The molecular weight excluding hydrogens is 307 g/mol. The Bertz CT molecular complexity index is 603. The van der Waals surface area contributed by atoms with Gasteiger partial charge in [-0.3, -0.25) is 0 Å². The number of hydrogen-bond acceptors (Lipinski definition) is 1. The van der Waals surface area contributed by atoms with Crippen molar-refractivity contribution in [3.63, 3.8) is 0 Å². The van der Waals surface area contributed by atoms with Crippen molar-refractivity contribution in [2.45, 2.75) is 13.5 Å². The second kappa shape index (κ2) is 6.13. The highest BCUT2D eigenvalue weighted by Gasteiger charge is 2.02. The quantitative estimate of drug-likeness (QED) is 0.811. The van der Waals surface area contributed by atoms with Gasteiger partial charge in [0.25, 0.3) is 0 Å². The Balaban J connectivity index is 2.28. The first-order valence-corrected chi connectivity index (χ1v) is 6.73. The fourth-order valence-electron chi connectivity index (χ4n) is 1.70. The van der Waals surface area contributed by atoms with Crippen molar-refractivity contribution in [1.82, 2.24) is 0 Å². The monoisotopic (exact) mass is 320 g/mol. The van der Waals surface area contributed by atoms with Gasteiger partial charge in [0.05, 0.1) is 6.61 Å². The molecule has 0 atom stereocenters. The molecule has 3 heteroatoms. The lowest BCUT2D eigenvalue weighted by Gasteiger charge is -2.02. The van der Waals surface area contributed by atoms with E-state index in [1.807, 2.05) is 25.1 Å². The van der Waals surface area contributed by atoms with Crippen molar-refractivity contribution in [3.8, 4) is 0 Å². The zero-order valence-corrected chi connectivity index (χ0v) is 12.1. The van der Waals surface area contributed by atoms with Crippen LogP contribution < -0.4 is 0 Å². The van der Waals surface area contributed by atoms with Crippen LogP contribution in [0.4, 0.5) is 4.39 Å². The number of rotatable bonds is 3. The molecule has 1 N–H and O–H groups in total. The molecule has 0 amide bonds. The van der Waals surface area contributed by atoms with Crippen molar-refractivity contribution >= 4 is 27.8 Å². The molecule has 2 aromatic rings. The van der Waals surface area contributed by atoms with E-state index in [1.165, 1.54) is 6.08 Å². The van der Waals surface area contributed by atoms with E-state index in [0.29, 0.717) is 5.56 Å². The first-order valence-electron chi connectivity index (χ1n) is 5.93. The third-order valence-corrected chi connectivity index (χ3v) is 3.76. The molecule has 1 nitrogen and oxygen atoms in total. The normalized spacial score (nSPS) is 11.7. The molecule has 0 aliphatic heterocycles. The van der Waals surface area contributed by atoms with Crippen LogP contribution in [0, 0.1) is 6.92 Å². The third kappa shape index (κ3) is 3.52. The second-order valence-electron chi connectivity index (χ2n) is 4.36. The van der Waals surface area contributed by atoms with E-state index in [-0.39, 0.29) is 12.4 Å². The van der Waals surface area contributed by atoms with Crippen molar-refractivity contribution in [2.24, 2.45) is 0 Å². The molecule has 98 valence electrons. The Labute approximate surface area is 120 Å². The van der Waals surface area contributed by atoms with Crippen LogP contribution in [0.5, 0.6) is 0 Å². The van der Waals surface area contributed by atoms with E-state index in [0.717, 1.165) is 21.2 Å². The standard InChI is InChI=1S/C16H14BrFO/c1-11-2-3-13(8-15(11)17)9-16(18)14-6-4-12(10-19)5-7-14/h2-9,19H,10H2,1H3/b16-9-. The van der Waals surface area contributed by atoms with Crippen LogP contribution in [0.15, 0.2) is 46.9 Å². The summed E-state index contributed by atoms with van der Waals surface area (Å²) in [7, 11) is 0. The first-order chi connectivity index (χ1) is 9.10. The summed E-state index contributed by atoms with van der Waals surface area (Å²) < 4.78 is 15.0. The highest BCUT2D eigenvalue weighted by atomic mass is 79.9. The minimum atomic E-state index is -0.291. The Morgan fingerprint density at radius 1 is 1.21 bits per heavy atom. The van der Waals surface area contributed by atoms with Crippen molar-refractivity contribution in [3.05, 3.63) is 69.2 Å². The molecule has 0 spiro atoms. The Morgan fingerprint density at radius 2 is 1.89 bits per heavy atom. The van der Waals surface area contributed by atoms with Crippen molar-refractivity contribution < 1.29 is 9.50 Å². The van der Waals surface area contributed by atoms with Crippen LogP contribution in [0.3, 0.4) is 0 Å². The molecule has 0 saturated heterocycles. The maximum Gasteiger partial charge on any atom is 0.131 e. The number of aliphatic hydroxyl groups is 1. The van der Waals surface area contributed by atoms with Crippen LogP contribution in [0.25, 0.3) is 11.9 Å². The van der Waals surface area contributed by atoms with Crippen LogP contribution in [0.2, 0.25) is 0 Å². The van der Waals surface area contributed by atoms with Crippen LogP contribution >= 0.6 is 15.9 Å².